The van der Waals surface area contributed by atoms with Gasteiger partial charge in [-0.05, 0) is 38.2 Å². The van der Waals surface area contributed by atoms with Crippen LogP contribution in [0.25, 0.3) is 0 Å². The number of ether oxygens (including phenoxy) is 2. The average molecular weight is 386 g/mol. The summed E-state index contributed by atoms with van der Waals surface area (Å²) in [6.45, 7) is 1.91. The van der Waals surface area contributed by atoms with Crippen molar-refractivity contribution in [1.29, 1.82) is 0 Å². The van der Waals surface area contributed by atoms with Gasteiger partial charge in [0.15, 0.2) is 5.82 Å². The van der Waals surface area contributed by atoms with Crippen LogP contribution >= 0.6 is 0 Å². The van der Waals surface area contributed by atoms with E-state index in [4.69, 9.17) is 19.0 Å². The third-order valence-corrected chi connectivity index (χ3v) is 5.83. The Morgan fingerprint density at radius 2 is 2.07 bits per heavy atom. The second kappa shape index (κ2) is 7.87. The molecule has 2 fully saturated rings. The van der Waals surface area contributed by atoms with Crippen molar-refractivity contribution in [2.45, 2.75) is 43.4 Å². The Labute approximate surface area is 164 Å². The predicted molar refractivity (Wildman–Crippen MR) is 100 cm³/mol. The van der Waals surface area contributed by atoms with Crippen LogP contribution in [0.15, 0.2) is 22.9 Å². The first-order chi connectivity index (χ1) is 13.6. The molecule has 0 spiro atoms. The van der Waals surface area contributed by atoms with Gasteiger partial charge in [-0.3, -0.25) is 4.79 Å². The fraction of sp³-hybridized carbons (Fsp3) is 0.600. The molecule has 1 saturated carbocycles. The van der Waals surface area contributed by atoms with E-state index in [2.05, 4.69) is 10.1 Å². The maximum atomic E-state index is 12.8. The highest BCUT2D eigenvalue weighted by atomic mass is 16.5. The first-order valence-electron chi connectivity index (χ1n) is 9.77. The van der Waals surface area contributed by atoms with Gasteiger partial charge >= 0.3 is 0 Å². The summed E-state index contributed by atoms with van der Waals surface area (Å²) in [5.41, 5.74) is 0.363. The summed E-state index contributed by atoms with van der Waals surface area (Å²) in [5, 5.41) is 4.30. The molecule has 0 atom stereocenters. The largest absolute Gasteiger partial charge is 0.481 e. The zero-order chi connectivity index (χ0) is 19.6. The van der Waals surface area contributed by atoms with Gasteiger partial charge in [0.2, 0.25) is 11.8 Å². The van der Waals surface area contributed by atoms with Gasteiger partial charge in [0.25, 0.3) is 5.91 Å². The molecule has 2 aromatic rings. The molecule has 4 rings (SSSR count). The molecular weight excluding hydrogens is 360 g/mol. The second-order valence-corrected chi connectivity index (χ2v) is 7.64. The Morgan fingerprint density at radius 1 is 1.29 bits per heavy atom. The summed E-state index contributed by atoms with van der Waals surface area (Å²) in [4.78, 5) is 23.5. The maximum absolute atomic E-state index is 12.8. The van der Waals surface area contributed by atoms with E-state index in [1.54, 1.807) is 32.5 Å². The minimum atomic E-state index is -0.207. The van der Waals surface area contributed by atoms with E-state index in [-0.39, 0.29) is 11.3 Å². The van der Waals surface area contributed by atoms with Gasteiger partial charge < -0.3 is 18.9 Å². The second-order valence-electron chi connectivity index (χ2n) is 7.64. The zero-order valence-corrected chi connectivity index (χ0v) is 16.4. The number of methoxy groups -OCH3 is 2. The smallest absolute Gasteiger partial charge is 0.255 e. The van der Waals surface area contributed by atoms with Crippen LogP contribution in [0.4, 0.5) is 0 Å². The lowest BCUT2D eigenvalue weighted by atomic mass is 9.75. The number of amides is 1. The molecule has 3 heterocycles. The number of pyridine rings is 1. The van der Waals surface area contributed by atoms with Gasteiger partial charge in [0.1, 0.15) is 0 Å². The van der Waals surface area contributed by atoms with Gasteiger partial charge in [-0.1, -0.05) is 5.16 Å². The molecule has 0 aromatic carbocycles. The molecule has 2 aliphatic rings. The number of carbonyl (C=O) groups excluding carboxylic acids is 1. The summed E-state index contributed by atoms with van der Waals surface area (Å²) >= 11 is 0. The molecule has 8 nitrogen and oxygen atoms in total. The quantitative estimate of drug-likeness (QED) is 0.722. The number of hydrogen-bond donors (Lipinski definition) is 0. The lowest BCUT2D eigenvalue weighted by Gasteiger charge is -2.39. The molecule has 1 saturated heterocycles. The van der Waals surface area contributed by atoms with Crippen molar-refractivity contribution in [3.05, 3.63) is 35.6 Å². The van der Waals surface area contributed by atoms with E-state index in [0.29, 0.717) is 37.1 Å². The van der Waals surface area contributed by atoms with Gasteiger partial charge in [0.05, 0.1) is 12.7 Å². The van der Waals surface area contributed by atoms with E-state index >= 15 is 0 Å². The topological polar surface area (TPSA) is 90.6 Å². The van der Waals surface area contributed by atoms with Gasteiger partial charge in [-0.15, -0.1) is 0 Å². The van der Waals surface area contributed by atoms with Gasteiger partial charge in [-0.2, -0.15) is 4.98 Å². The fourth-order valence-corrected chi connectivity index (χ4v) is 3.78. The number of likely N-dealkylation sites (tertiary alicyclic amines) is 1. The molecule has 8 heteroatoms. The van der Waals surface area contributed by atoms with Crippen molar-refractivity contribution in [3.63, 3.8) is 0 Å². The fourth-order valence-electron chi connectivity index (χ4n) is 3.78. The lowest BCUT2D eigenvalue weighted by Crippen LogP contribution is -2.46. The highest BCUT2D eigenvalue weighted by Gasteiger charge is 2.42. The van der Waals surface area contributed by atoms with E-state index < -0.39 is 0 Å². The van der Waals surface area contributed by atoms with Crippen molar-refractivity contribution < 1.29 is 18.8 Å². The Hall–Kier alpha value is -2.48. The van der Waals surface area contributed by atoms with E-state index in [0.717, 1.165) is 43.8 Å². The first kappa shape index (κ1) is 18.9. The molecule has 1 aliphatic heterocycles. The Morgan fingerprint density at radius 3 is 2.68 bits per heavy atom. The van der Waals surface area contributed by atoms with Crippen molar-refractivity contribution in [2.75, 3.05) is 33.9 Å². The predicted octanol–water partition coefficient (Wildman–Crippen LogP) is 2.56. The Bertz CT molecular complexity index is 808. The number of rotatable bonds is 7. The zero-order valence-electron chi connectivity index (χ0n) is 16.4. The van der Waals surface area contributed by atoms with Crippen LogP contribution in [-0.2, 0) is 10.2 Å². The monoisotopic (exact) mass is 386 g/mol. The van der Waals surface area contributed by atoms with Gasteiger partial charge in [-0.25, -0.2) is 4.98 Å². The number of hydrogen-bond acceptors (Lipinski definition) is 7. The summed E-state index contributed by atoms with van der Waals surface area (Å²) in [6.07, 6.45) is 6.22. The molecule has 28 heavy (non-hydrogen) atoms. The van der Waals surface area contributed by atoms with E-state index in [1.807, 2.05) is 4.90 Å². The van der Waals surface area contributed by atoms with Crippen LogP contribution in [0.2, 0.25) is 0 Å². The number of aromatic nitrogens is 3. The number of nitrogens with zero attached hydrogens (tertiary/aromatic N) is 4. The number of carbonyl (C=O) groups is 1. The van der Waals surface area contributed by atoms with Crippen LogP contribution in [0, 0.1) is 0 Å². The third kappa shape index (κ3) is 3.73. The standard InChI is InChI=1S/C20H26N4O4/c1-26-12-9-20(19-22-17(28-23-19)14-3-4-14)7-10-24(11-8-20)18(25)15-5-6-16(27-2)21-13-15/h5-6,13-14H,3-4,7-12H2,1-2H3. The Kier molecular flexibility index (Phi) is 5.30. The molecule has 0 unspecified atom stereocenters. The summed E-state index contributed by atoms with van der Waals surface area (Å²) in [5.74, 6) is 2.45. The molecule has 2 aromatic heterocycles. The normalized spacial score (nSPS) is 18.9. The molecule has 1 aliphatic carbocycles. The minimum Gasteiger partial charge on any atom is -0.481 e. The van der Waals surface area contributed by atoms with E-state index in [1.165, 1.54) is 0 Å². The van der Waals surface area contributed by atoms with Crippen molar-refractivity contribution in [1.82, 2.24) is 20.0 Å². The first-order valence-corrected chi connectivity index (χ1v) is 9.77. The molecule has 0 bridgehead atoms. The van der Waals surface area contributed by atoms with Crippen LogP contribution < -0.4 is 4.74 Å². The summed E-state index contributed by atoms with van der Waals surface area (Å²) in [7, 11) is 3.26. The van der Waals surface area contributed by atoms with Gasteiger partial charge in [0, 0.05) is 50.4 Å². The molecule has 0 N–H and O–H groups in total. The van der Waals surface area contributed by atoms with Crippen LogP contribution in [0.3, 0.4) is 0 Å². The molecule has 0 radical (unpaired) electrons. The lowest BCUT2D eigenvalue weighted by molar-refractivity contribution is 0.0615. The minimum absolute atomic E-state index is 0.0118. The number of piperidine rings is 1. The van der Waals surface area contributed by atoms with Crippen LogP contribution in [0.5, 0.6) is 5.88 Å². The van der Waals surface area contributed by atoms with Crippen molar-refractivity contribution >= 4 is 5.91 Å². The summed E-state index contributed by atoms with van der Waals surface area (Å²) in [6, 6.07) is 3.46. The molecular formula is C20H26N4O4. The highest BCUT2D eigenvalue weighted by molar-refractivity contribution is 5.94. The molecule has 1 amide bonds. The van der Waals surface area contributed by atoms with Crippen molar-refractivity contribution in [2.24, 2.45) is 0 Å². The molecule has 150 valence electrons. The van der Waals surface area contributed by atoms with Crippen LogP contribution in [-0.4, -0.2) is 59.8 Å². The average Bonchev–Trinajstić information content (AvgIpc) is 3.48. The Balaban J connectivity index is 1.46. The SMILES string of the molecule is COCCC1(c2noc(C3CC3)n2)CCN(C(=O)c2ccc(OC)nc2)CC1. The van der Waals surface area contributed by atoms with Crippen LogP contribution in [0.1, 0.15) is 60.1 Å². The van der Waals surface area contributed by atoms with Crippen molar-refractivity contribution in [3.8, 4) is 5.88 Å². The van der Waals surface area contributed by atoms with E-state index in [9.17, 15) is 4.79 Å². The maximum Gasteiger partial charge on any atom is 0.255 e. The highest BCUT2D eigenvalue weighted by Crippen LogP contribution is 2.42. The third-order valence-electron chi connectivity index (χ3n) is 5.83. The summed E-state index contributed by atoms with van der Waals surface area (Å²) < 4.78 is 15.9.